The van der Waals surface area contributed by atoms with Crippen molar-refractivity contribution in [3.8, 4) is 0 Å². The Morgan fingerprint density at radius 1 is 0.708 bits per heavy atom. The van der Waals surface area contributed by atoms with Gasteiger partial charge in [-0.1, -0.05) is 12.1 Å². The maximum absolute atomic E-state index is 12.9. The van der Waals surface area contributed by atoms with Crippen LogP contribution in [0.5, 0.6) is 0 Å². The maximum Gasteiger partial charge on any atom is 0.336 e. The molecule has 0 atom stereocenters. The minimum absolute atomic E-state index is 0.0185. The summed E-state index contributed by atoms with van der Waals surface area (Å²) in [5.74, 6) is -0.915. The highest BCUT2D eigenvalue weighted by atomic mass is 19.1. The average molecular weight is 328 g/mol. The van der Waals surface area contributed by atoms with Gasteiger partial charge in [-0.25, -0.2) is 18.4 Å². The van der Waals surface area contributed by atoms with Gasteiger partial charge in [0.1, 0.15) is 11.4 Å². The van der Waals surface area contributed by atoms with E-state index in [0.29, 0.717) is 5.39 Å². The van der Waals surface area contributed by atoms with Gasteiger partial charge in [-0.05, 0) is 30.3 Å². The molecular weight excluding hydrogens is 318 g/mol. The summed E-state index contributed by atoms with van der Waals surface area (Å²) in [5.41, 5.74) is -0.701. The lowest BCUT2D eigenvalue weighted by Gasteiger charge is -1.94. The smallest absolute Gasteiger partial charge is 0.336 e. The Kier molecular flexibility index (Phi) is 4.20. The zero-order chi connectivity index (χ0) is 17.1. The molecule has 24 heavy (non-hydrogen) atoms. The van der Waals surface area contributed by atoms with Crippen molar-refractivity contribution in [1.29, 1.82) is 0 Å². The fourth-order valence-electron chi connectivity index (χ4n) is 2.09. The fourth-order valence-corrected chi connectivity index (χ4v) is 2.09. The lowest BCUT2D eigenvalue weighted by molar-refractivity contribution is 0.524. The number of benzene rings is 2. The van der Waals surface area contributed by atoms with Crippen LogP contribution in [0, 0.1) is 11.6 Å². The molecule has 0 radical (unpaired) electrons. The Hall–Kier alpha value is -3.28. The second kappa shape index (κ2) is 6.45. The van der Waals surface area contributed by atoms with Crippen molar-refractivity contribution >= 4 is 21.9 Å². The number of rotatable bonds is 0. The van der Waals surface area contributed by atoms with E-state index in [1.165, 1.54) is 36.4 Å². The van der Waals surface area contributed by atoms with Crippen molar-refractivity contribution in [3.05, 3.63) is 93.1 Å². The second-order valence-electron chi connectivity index (χ2n) is 4.85. The average Bonchev–Trinajstić information content (AvgIpc) is 2.56. The van der Waals surface area contributed by atoms with Gasteiger partial charge in [0.05, 0.1) is 0 Å². The predicted molar refractivity (Wildman–Crippen MR) is 84.9 cm³/mol. The monoisotopic (exact) mass is 328 g/mol. The van der Waals surface area contributed by atoms with Gasteiger partial charge >= 0.3 is 11.3 Å². The van der Waals surface area contributed by atoms with Gasteiger partial charge in [-0.2, -0.15) is 0 Å². The minimum atomic E-state index is -0.535. The van der Waals surface area contributed by atoms with Gasteiger partial charge in [-0.15, -0.1) is 0 Å². The van der Waals surface area contributed by atoms with Gasteiger partial charge in [0, 0.05) is 29.0 Å². The van der Waals surface area contributed by atoms with Crippen LogP contribution in [0.4, 0.5) is 8.78 Å². The van der Waals surface area contributed by atoms with E-state index in [1.807, 2.05) is 0 Å². The molecule has 0 saturated heterocycles. The zero-order valence-corrected chi connectivity index (χ0v) is 12.2. The van der Waals surface area contributed by atoms with Gasteiger partial charge in [-0.3, -0.25) is 0 Å². The van der Waals surface area contributed by atoms with Gasteiger partial charge in [0.2, 0.25) is 0 Å². The number of hydrogen-bond acceptors (Lipinski definition) is 4. The van der Waals surface area contributed by atoms with E-state index < -0.39 is 22.9 Å². The molecule has 4 aromatic rings. The van der Waals surface area contributed by atoms with Crippen molar-refractivity contribution in [2.45, 2.75) is 0 Å². The Labute approximate surface area is 133 Å². The molecule has 0 N–H and O–H groups in total. The molecule has 0 aliphatic heterocycles. The topological polar surface area (TPSA) is 60.4 Å². The summed E-state index contributed by atoms with van der Waals surface area (Å²) >= 11 is 0. The summed E-state index contributed by atoms with van der Waals surface area (Å²) in [7, 11) is 0. The van der Waals surface area contributed by atoms with E-state index in [1.54, 1.807) is 24.3 Å². The van der Waals surface area contributed by atoms with E-state index in [0.717, 1.165) is 5.39 Å². The highest BCUT2D eigenvalue weighted by Gasteiger charge is 2.01. The van der Waals surface area contributed by atoms with Crippen molar-refractivity contribution < 1.29 is 17.6 Å². The molecular formula is C18H10F2O4. The van der Waals surface area contributed by atoms with E-state index in [2.05, 4.69) is 4.42 Å². The van der Waals surface area contributed by atoms with Crippen molar-refractivity contribution in [3.63, 3.8) is 0 Å². The molecule has 2 heterocycles. The molecule has 2 aromatic heterocycles. The van der Waals surface area contributed by atoms with Crippen molar-refractivity contribution in [1.82, 2.24) is 0 Å². The van der Waals surface area contributed by atoms with E-state index >= 15 is 0 Å². The van der Waals surface area contributed by atoms with Crippen LogP contribution < -0.4 is 11.3 Å². The zero-order valence-electron chi connectivity index (χ0n) is 12.2. The number of para-hydroxylation sites is 1. The Morgan fingerprint density at radius 3 is 2.17 bits per heavy atom. The molecule has 0 unspecified atom stereocenters. The molecule has 0 fully saturated rings. The summed E-state index contributed by atoms with van der Waals surface area (Å²) in [4.78, 5) is 21.4. The SMILES string of the molecule is O=c1ccc2ccc(F)cc2o1.O=c1ccc2cccc(F)c2o1. The van der Waals surface area contributed by atoms with Crippen molar-refractivity contribution in [2.24, 2.45) is 0 Å². The Balaban J connectivity index is 0.000000141. The maximum atomic E-state index is 12.9. The highest BCUT2D eigenvalue weighted by Crippen LogP contribution is 2.14. The van der Waals surface area contributed by atoms with E-state index in [4.69, 9.17) is 4.42 Å². The lowest BCUT2D eigenvalue weighted by atomic mass is 10.2. The summed E-state index contributed by atoms with van der Waals surface area (Å²) < 4.78 is 34.9. The number of hydrogen-bond donors (Lipinski definition) is 0. The van der Waals surface area contributed by atoms with Crippen LogP contribution in [0.1, 0.15) is 0 Å². The Morgan fingerprint density at radius 2 is 1.38 bits per heavy atom. The van der Waals surface area contributed by atoms with Crippen LogP contribution in [0.15, 0.2) is 79.1 Å². The third kappa shape index (κ3) is 3.38. The van der Waals surface area contributed by atoms with E-state index in [9.17, 15) is 18.4 Å². The van der Waals surface area contributed by atoms with Gasteiger partial charge in [0.25, 0.3) is 0 Å². The minimum Gasteiger partial charge on any atom is -0.423 e. The molecule has 4 nitrogen and oxygen atoms in total. The standard InChI is InChI=1S/2C9H5FO2/c10-7-3-1-6-2-4-9(11)12-8(6)5-7;10-7-3-1-2-6-4-5-8(11)12-9(6)7/h2*1-5H. The Bertz CT molecular complexity index is 1130. The van der Waals surface area contributed by atoms with Gasteiger partial charge < -0.3 is 8.83 Å². The normalized spacial score (nSPS) is 10.4. The lowest BCUT2D eigenvalue weighted by Crippen LogP contribution is -1.95. The first-order valence-corrected chi connectivity index (χ1v) is 6.91. The molecule has 0 spiro atoms. The van der Waals surface area contributed by atoms with Crippen molar-refractivity contribution in [2.75, 3.05) is 0 Å². The largest absolute Gasteiger partial charge is 0.423 e. The molecule has 0 aliphatic carbocycles. The van der Waals surface area contributed by atoms with E-state index in [-0.39, 0.29) is 11.2 Å². The fraction of sp³-hybridized carbons (Fsp3) is 0. The summed E-state index contributed by atoms with van der Waals surface area (Å²) in [6, 6.07) is 14.3. The van der Waals surface area contributed by atoms with Crippen LogP contribution in [-0.4, -0.2) is 0 Å². The first-order valence-electron chi connectivity index (χ1n) is 6.91. The van der Waals surface area contributed by atoms with Crippen LogP contribution in [-0.2, 0) is 0 Å². The first kappa shape index (κ1) is 15.6. The van der Waals surface area contributed by atoms with Crippen LogP contribution in [0.2, 0.25) is 0 Å². The van der Waals surface area contributed by atoms with Crippen LogP contribution in [0.25, 0.3) is 21.9 Å². The second-order valence-corrected chi connectivity index (χ2v) is 4.85. The van der Waals surface area contributed by atoms with Gasteiger partial charge in [0.15, 0.2) is 11.4 Å². The quantitative estimate of drug-likeness (QED) is 0.460. The predicted octanol–water partition coefficient (Wildman–Crippen LogP) is 3.86. The van der Waals surface area contributed by atoms with Crippen LogP contribution >= 0.6 is 0 Å². The summed E-state index contributed by atoms with van der Waals surface area (Å²) in [6.45, 7) is 0. The summed E-state index contributed by atoms with van der Waals surface area (Å²) in [5, 5.41) is 1.31. The molecule has 6 heteroatoms. The molecule has 4 rings (SSSR count). The molecule has 0 aliphatic rings. The highest BCUT2D eigenvalue weighted by molar-refractivity contribution is 5.76. The summed E-state index contributed by atoms with van der Waals surface area (Å²) in [6.07, 6.45) is 0. The first-order chi connectivity index (χ1) is 11.5. The molecule has 120 valence electrons. The van der Waals surface area contributed by atoms with Crippen LogP contribution in [0.3, 0.4) is 0 Å². The third-order valence-corrected chi connectivity index (χ3v) is 3.18. The molecule has 0 bridgehead atoms. The molecule has 2 aromatic carbocycles. The molecule has 0 amide bonds. The molecule has 0 saturated carbocycles. The third-order valence-electron chi connectivity index (χ3n) is 3.18. The number of fused-ring (bicyclic) bond motifs is 2. The number of halogens is 2.